The van der Waals surface area contributed by atoms with Crippen LogP contribution < -0.4 is 5.73 Å². The molecule has 0 bridgehead atoms. The van der Waals surface area contributed by atoms with E-state index >= 15 is 0 Å². The van der Waals surface area contributed by atoms with Crippen molar-refractivity contribution in [2.75, 3.05) is 13.2 Å². The van der Waals surface area contributed by atoms with Gasteiger partial charge in [-0.1, -0.05) is 23.2 Å². The van der Waals surface area contributed by atoms with Crippen LogP contribution in [0.1, 0.15) is 25.5 Å². The van der Waals surface area contributed by atoms with E-state index in [2.05, 4.69) is 0 Å². The monoisotopic (exact) mass is 277 g/mol. The molecule has 0 aliphatic rings. The number of halogens is 2. The molecule has 0 radical (unpaired) electrons. The highest BCUT2D eigenvalue weighted by atomic mass is 35.5. The zero-order valence-electron chi connectivity index (χ0n) is 9.95. The maximum Gasteiger partial charge on any atom is 0.176 e. The van der Waals surface area contributed by atoms with Crippen molar-refractivity contribution < 1.29 is 9.47 Å². The lowest BCUT2D eigenvalue weighted by Crippen LogP contribution is -2.31. The van der Waals surface area contributed by atoms with E-state index in [0.717, 1.165) is 5.56 Å². The average molecular weight is 278 g/mol. The minimum Gasteiger partial charge on any atom is -0.351 e. The van der Waals surface area contributed by atoms with Gasteiger partial charge in [0, 0.05) is 23.3 Å². The number of hydrogen-bond acceptors (Lipinski definition) is 3. The SMILES string of the molecule is CCOC(OCC)C(N)c1cc(Cl)ccc1Cl. The molecule has 5 heteroatoms. The minimum absolute atomic E-state index is 0.457. The van der Waals surface area contributed by atoms with E-state index in [1.54, 1.807) is 18.2 Å². The molecule has 1 aromatic rings. The Hall–Kier alpha value is -0.320. The van der Waals surface area contributed by atoms with Gasteiger partial charge in [-0.2, -0.15) is 0 Å². The first kappa shape index (κ1) is 14.7. The van der Waals surface area contributed by atoms with Crippen molar-refractivity contribution >= 4 is 23.2 Å². The molecule has 0 fully saturated rings. The molecule has 0 aliphatic carbocycles. The predicted octanol–water partition coefficient (Wildman–Crippen LogP) is 3.39. The van der Waals surface area contributed by atoms with Crippen LogP contribution in [0, 0.1) is 0 Å². The lowest BCUT2D eigenvalue weighted by atomic mass is 10.1. The van der Waals surface area contributed by atoms with Gasteiger partial charge < -0.3 is 15.2 Å². The number of nitrogens with two attached hydrogens (primary N) is 1. The first-order valence-corrected chi connectivity index (χ1v) is 6.29. The van der Waals surface area contributed by atoms with Crippen LogP contribution in [0.3, 0.4) is 0 Å². The van der Waals surface area contributed by atoms with Gasteiger partial charge in [-0.05, 0) is 37.6 Å². The number of benzene rings is 1. The summed E-state index contributed by atoms with van der Waals surface area (Å²) in [7, 11) is 0. The van der Waals surface area contributed by atoms with Gasteiger partial charge >= 0.3 is 0 Å². The van der Waals surface area contributed by atoms with E-state index in [1.165, 1.54) is 0 Å². The Balaban J connectivity index is 2.91. The van der Waals surface area contributed by atoms with Crippen LogP contribution >= 0.6 is 23.2 Å². The summed E-state index contributed by atoms with van der Waals surface area (Å²) in [6.45, 7) is 4.82. The van der Waals surface area contributed by atoms with Gasteiger partial charge in [0.25, 0.3) is 0 Å². The molecule has 0 aliphatic heterocycles. The molecule has 0 aromatic heterocycles. The summed E-state index contributed by atoms with van der Waals surface area (Å²) in [4.78, 5) is 0. The third-order valence-electron chi connectivity index (χ3n) is 2.27. The van der Waals surface area contributed by atoms with Crippen LogP contribution in [0.15, 0.2) is 18.2 Å². The summed E-state index contributed by atoms with van der Waals surface area (Å²) >= 11 is 12.0. The molecule has 0 spiro atoms. The Bertz CT molecular complexity index is 354. The molecule has 2 N–H and O–H groups in total. The van der Waals surface area contributed by atoms with Gasteiger partial charge in [-0.3, -0.25) is 0 Å². The van der Waals surface area contributed by atoms with Crippen molar-refractivity contribution in [3.8, 4) is 0 Å². The van der Waals surface area contributed by atoms with E-state index in [-0.39, 0.29) is 0 Å². The van der Waals surface area contributed by atoms with Crippen molar-refractivity contribution in [2.45, 2.75) is 26.2 Å². The van der Waals surface area contributed by atoms with Crippen LogP contribution in [-0.4, -0.2) is 19.5 Å². The maximum atomic E-state index is 6.09. The smallest absolute Gasteiger partial charge is 0.176 e. The Labute approximate surface area is 112 Å². The zero-order valence-corrected chi connectivity index (χ0v) is 11.5. The molecule has 0 saturated heterocycles. The van der Waals surface area contributed by atoms with Gasteiger partial charge in [-0.25, -0.2) is 0 Å². The second-order valence-corrected chi connectivity index (χ2v) is 4.31. The van der Waals surface area contributed by atoms with Crippen LogP contribution in [0.2, 0.25) is 10.0 Å². The van der Waals surface area contributed by atoms with Crippen LogP contribution in [0.5, 0.6) is 0 Å². The maximum absolute atomic E-state index is 6.09. The highest BCUT2D eigenvalue weighted by Gasteiger charge is 2.22. The van der Waals surface area contributed by atoms with E-state index in [4.69, 9.17) is 38.4 Å². The highest BCUT2D eigenvalue weighted by Crippen LogP contribution is 2.28. The molecule has 1 unspecified atom stereocenters. The molecule has 96 valence electrons. The Morgan fingerprint density at radius 1 is 1.18 bits per heavy atom. The summed E-state index contributed by atoms with van der Waals surface area (Å²) in [5, 5.41) is 1.15. The topological polar surface area (TPSA) is 44.5 Å². The van der Waals surface area contributed by atoms with Crippen LogP contribution in [-0.2, 0) is 9.47 Å². The summed E-state index contributed by atoms with van der Waals surface area (Å²) in [5.74, 6) is 0. The van der Waals surface area contributed by atoms with Gasteiger partial charge in [0.2, 0.25) is 0 Å². The largest absolute Gasteiger partial charge is 0.351 e. The molecule has 1 atom stereocenters. The van der Waals surface area contributed by atoms with Crippen molar-refractivity contribution in [3.63, 3.8) is 0 Å². The molecule has 17 heavy (non-hydrogen) atoms. The molecule has 0 amide bonds. The van der Waals surface area contributed by atoms with E-state index in [9.17, 15) is 0 Å². The van der Waals surface area contributed by atoms with Crippen molar-refractivity contribution in [3.05, 3.63) is 33.8 Å². The van der Waals surface area contributed by atoms with Gasteiger partial charge in [-0.15, -0.1) is 0 Å². The second kappa shape index (κ2) is 7.19. The molecular weight excluding hydrogens is 261 g/mol. The third kappa shape index (κ3) is 4.12. The predicted molar refractivity (Wildman–Crippen MR) is 70.4 cm³/mol. The quantitative estimate of drug-likeness (QED) is 0.811. The van der Waals surface area contributed by atoms with Gasteiger partial charge in [0.1, 0.15) is 0 Å². The number of ether oxygens (including phenoxy) is 2. The van der Waals surface area contributed by atoms with Gasteiger partial charge in [0.05, 0.1) is 6.04 Å². The average Bonchev–Trinajstić information content (AvgIpc) is 2.31. The third-order valence-corrected chi connectivity index (χ3v) is 2.85. The van der Waals surface area contributed by atoms with E-state index in [0.29, 0.717) is 23.3 Å². The van der Waals surface area contributed by atoms with E-state index < -0.39 is 12.3 Å². The van der Waals surface area contributed by atoms with Gasteiger partial charge in [0.15, 0.2) is 6.29 Å². The molecule has 0 heterocycles. The molecule has 1 rings (SSSR count). The van der Waals surface area contributed by atoms with Crippen LogP contribution in [0.25, 0.3) is 0 Å². The first-order valence-electron chi connectivity index (χ1n) is 5.53. The molecular formula is C12H17Cl2NO2. The summed E-state index contributed by atoms with van der Waals surface area (Å²) in [6, 6.07) is 4.71. The fourth-order valence-electron chi connectivity index (χ4n) is 1.50. The molecule has 0 saturated carbocycles. The minimum atomic E-state index is -0.513. The lowest BCUT2D eigenvalue weighted by molar-refractivity contribution is -0.149. The van der Waals surface area contributed by atoms with Crippen molar-refractivity contribution in [1.82, 2.24) is 0 Å². The first-order chi connectivity index (χ1) is 8.10. The van der Waals surface area contributed by atoms with E-state index in [1.807, 2.05) is 13.8 Å². The fourth-order valence-corrected chi connectivity index (χ4v) is 1.92. The van der Waals surface area contributed by atoms with Crippen molar-refractivity contribution in [2.24, 2.45) is 5.73 Å². The Morgan fingerprint density at radius 2 is 1.76 bits per heavy atom. The number of hydrogen-bond donors (Lipinski definition) is 1. The summed E-state index contributed by atoms with van der Waals surface area (Å²) < 4.78 is 10.9. The molecule has 1 aromatic carbocycles. The zero-order chi connectivity index (χ0) is 12.8. The Morgan fingerprint density at radius 3 is 2.29 bits per heavy atom. The number of rotatable bonds is 6. The lowest BCUT2D eigenvalue weighted by Gasteiger charge is -2.24. The fraction of sp³-hybridized carbons (Fsp3) is 0.500. The second-order valence-electron chi connectivity index (χ2n) is 3.47. The summed E-state index contributed by atoms with van der Waals surface area (Å²) in [5.41, 5.74) is 6.82. The molecule has 3 nitrogen and oxygen atoms in total. The Kier molecular flexibility index (Phi) is 6.23. The van der Waals surface area contributed by atoms with Crippen molar-refractivity contribution in [1.29, 1.82) is 0 Å². The normalized spacial score (nSPS) is 13.1. The van der Waals surface area contributed by atoms with Crippen LogP contribution in [0.4, 0.5) is 0 Å². The standard InChI is InChI=1S/C12H17Cl2NO2/c1-3-16-12(17-4-2)11(15)9-7-8(13)5-6-10(9)14/h5-7,11-12H,3-4,15H2,1-2H3. The highest BCUT2D eigenvalue weighted by molar-refractivity contribution is 6.33. The summed E-state index contributed by atoms with van der Waals surface area (Å²) in [6.07, 6.45) is -0.513.